The van der Waals surface area contributed by atoms with Crippen LogP contribution in [0.15, 0.2) is 36.5 Å². The summed E-state index contributed by atoms with van der Waals surface area (Å²) >= 11 is 0. The van der Waals surface area contributed by atoms with Crippen molar-refractivity contribution in [3.05, 3.63) is 42.1 Å². The Balaban J connectivity index is 1.88. The number of benzene rings is 1. The molecule has 2 aromatic rings. The molecule has 0 amide bonds. The van der Waals surface area contributed by atoms with Crippen LogP contribution in [0, 0.1) is 0 Å². The van der Waals surface area contributed by atoms with E-state index in [-0.39, 0.29) is 12.8 Å². The van der Waals surface area contributed by atoms with Crippen molar-refractivity contribution >= 4 is 0 Å². The maximum Gasteiger partial charge on any atom is 0.231 e. The highest BCUT2D eigenvalue weighted by Gasteiger charge is 2.16. The fourth-order valence-corrected chi connectivity index (χ4v) is 2.03. The first kappa shape index (κ1) is 12.7. The standard InChI is InChI=1S/C15H16N2O3/c1-10(16-2)12-4-3-7-17-15(12)20-11-5-6-13-14(8-11)19-9-18-13/h3-8,10,16H,9H2,1-2H3. The van der Waals surface area contributed by atoms with Gasteiger partial charge in [-0.05, 0) is 32.2 Å². The molecule has 1 unspecified atom stereocenters. The zero-order chi connectivity index (χ0) is 13.9. The Hall–Kier alpha value is -2.27. The van der Waals surface area contributed by atoms with E-state index in [0.717, 1.165) is 11.3 Å². The lowest BCUT2D eigenvalue weighted by Gasteiger charge is -2.15. The molecule has 104 valence electrons. The molecule has 5 heteroatoms. The van der Waals surface area contributed by atoms with Gasteiger partial charge in [0, 0.05) is 23.9 Å². The van der Waals surface area contributed by atoms with Crippen LogP contribution < -0.4 is 19.5 Å². The molecular weight excluding hydrogens is 256 g/mol. The van der Waals surface area contributed by atoms with Crippen molar-refractivity contribution in [3.8, 4) is 23.1 Å². The monoisotopic (exact) mass is 272 g/mol. The minimum Gasteiger partial charge on any atom is -0.454 e. The topological polar surface area (TPSA) is 52.6 Å². The van der Waals surface area contributed by atoms with Gasteiger partial charge in [-0.25, -0.2) is 4.98 Å². The first-order valence-electron chi connectivity index (χ1n) is 6.47. The maximum atomic E-state index is 5.87. The number of hydrogen-bond donors (Lipinski definition) is 1. The maximum absolute atomic E-state index is 5.87. The molecule has 1 atom stereocenters. The van der Waals surface area contributed by atoms with Gasteiger partial charge in [-0.1, -0.05) is 6.07 Å². The molecule has 20 heavy (non-hydrogen) atoms. The summed E-state index contributed by atoms with van der Waals surface area (Å²) in [6.07, 6.45) is 1.72. The number of nitrogens with one attached hydrogen (secondary N) is 1. The van der Waals surface area contributed by atoms with Gasteiger partial charge >= 0.3 is 0 Å². The fraction of sp³-hybridized carbons (Fsp3) is 0.267. The predicted molar refractivity (Wildman–Crippen MR) is 74.4 cm³/mol. The molecule has 0 spiro atoms. The highest BCUT2D eigenvalue weighted by molar-refractivity contribution is 5.48. The van der Waals surface area contributed by atoms with Gasteiger partial charge in [0.2, 0.25) is 12.7 Å². The average molecular weight is 272 g/mol. The first-order chi connectivity index (χ1) is 9.78. The van der Waals surface area contributed by atoms with Gasteiger partial charge in [0.25, 0.3) is 0 Å². The van der Waals surface area contributed by atoms with E-state index in [4.69, 9.17) is 14.2 Å². The number of aromatic nitrogens is 1. The fourth-order valence-electron chi connectivity index (χ4n) is 2.03. The van der Waals surface area contributed by atoms with E-state index in [1.807, 2.05) is 37.4 Å². The second kappa shape index (κ2) is 5.38. The van der Waals surface area contributed by atoms with E-state index in [0.29, 0.717) is 17.4 Å². The molecule has 3 rings (SSSR count). The molecule has 1 aromatic carbocycles. The van der Waals surface area contributed by atoms with Gasteiger partial charge < -0.3 is 19.5 Å². The molecule has 1 N–H and O–H groups in total. The van der Waals surface area contributed by atoms with Crippen LogP contribution >= 0.6 is 0 Å². The van der Waals surface area contributed by atoms with Crippen molar-refractivity contribution in [2.75, 3.05) is 13.8 Å². The van der Waals surface area contributed by atoms with Crippen molar-refractivity contribution < 1.29 is 14.2 Å². The molecule has 0 bridgehead atoms. The summed E-state index contributed by atoms with van der Waals surface area (Å²) < 4.78 is 16.5. The van der Waals surface area contributed by atoms with Gasteiger partial charge in [0.15, 0.2) is 11.5 Å². The van der Waals surface area contributed by atoms with Gasteiger partial charge in [-0.15, -0.1) is 0 Å². The Morgan fingerprint density at radius 1 is 1.25 bits per heavy atom. The smallest absolute Gasteiger partial charge is 0.231 e. The number of ether oxygens (including phenoxy) is 3. The van der Waals surface area contributed by atoms with Crippen LogP contribution in [0.25, 0.3) is 0 Å². The lowest BCUT2D eigenvalue weighted by Crippen LogP contribution is -2.13. The van der Waals surface area contributed by atoms with E-state index >= 15 is 0 Å². The van der Waals surface area contributed by atoms with Crippen LogP contribution in [0.3, 0.4) is 0 Å². The second-order valence-corrected chi connectivity index (χ2v) is 4.53. The third-order valence-electron chi connectivity index (χ3n) is 3.26. The SMILES string of the molecule is CNC(C)c1cccnc1Oc1ccc2c(c1)OCO2. The Bertz CT molecular complexity index is 616. The molecule has 0 saturated heterocycles. The van der Waals surface area contributed by atoms with E-state index in [2.05, 4.69) is 17.2 Å². The van der Waals surface area contributed by atoms with Crippen molar-refractivity contribution in [1.82, 2.24) is 10.3 Å². The van der Waals surface area contributed by atoms with Crippen LogP contribution in [-0.2, 0) is 0 Å². The van der Waals surface area contributed by atoms with Crippen molar-refractivity contribution in [3.63, 3.8) is 0 Å². The third kappa shape index (κ3) is 2.40. The molecule has 5 nitrogen and oxygen atoms in total. The summed E-state index contributed by atoms with van der Waals surface area (Å²) in [5, 5.41) is 3.18. The number of hydrogen-bond acceptors (Lipinski definition) is 5. The number of rotatable bonds is 4. The molecule has 0 radical (unpaired) electrons. The summed E-state index contributed by atoms with van der Waals surface area (Å²) in [4.78, 5) is 4.30. The van der Waals surface area contributed by atoms with Gasteiger partial charge in [0.05, 0.1) is 0 Å². The molecule has 1 aliphatic rings. The largest absolute Gasteiger partial charge is 0.454 e. The van der Waals surface area contributed by atoms with E-state index in [1.54, 1.807) is 6.20 Å². The van der Waals surface area contributed by atoms with Gasteiger partial charge in [-0.3, -0.25) is 0 Å². The lowest BCUT2D eigenvalue weighted by atomic mass is 10.1. The molecule has 1 aromatic heterocycles. The zero-order valence-electron chi connectivity index (χ0n) is 11.4. The molecule has 0 aliphatic carbocycles. The van der Waals surface area contributed by atoms with Crippen LogP contribution in [-0.4, -0.2) is 18.8 Å². The Labute approximate surface area is 117 Å². The van der Waals surface area contributed by atoms with Crippen LogP contribution in [0.4, 0.5) is 0 Å². The van der Waals surface area contributed by atoms with Crippen LogP contribution in [0.1, 0.15) is 18.5 Å². The third-order valence-corrected chi connectivity index (χ3v) is 3.26. The molecular formula is C15H16N2O3. The van der Waals surface area contributed by atoms with Gasteiger partial charge in [-0.2, -0.15) is 0 Å². The summed E-state index contributed by atoms with van der Waals surface area (Å²) in [6, 6.07) is 9.54. The van der Waals surface area contributed by atoms with E-state index in [9.17, 15) is 0 Å². The summed E-state index contributed by atoms with van der Waals surface area (Å²) in [5.41, 5.74) is 1.01. The van der Waals surface area contributed by atoms with Gasteiger partial charge in [0.1, 0.15) is 5.75 Å². The average Bonchev–Trinajstić information content (AvgIpc) is 2.94. The van der Waals surface area contributed by atoms with E-state index < -0.39 is 0 Å². The number of nitrogens with zero attached hydrogens (tertiary/aromatic N) is 1. The minimum atomic E-state index is 0.160. The van der Waals surface area contributed by atoms with Crippen LogP contribution in [0.5, 0.6) is 23.1 Å². The highest BCUT2D eigenvalue weighted by Crippen LogP contribution is 2.37. The minimum absolute atomic E-state index is 0.160. The zero-order valence-corrected chi connectivity index (χ0v) is 11.4. The predicted octanol–water partition coefficient (Wildman–Crippen LogP) is 2.88. The molecule has 2 heterocycles. The Kier molecular flexibility index (Phi) is 3.43. The summed E-state index contributed by atoms with van der Waals surface area (Å²) in [6.45, 7) is 2.31. The Morgan fingerprint density at radius 2 is 2.10 bits per heavy atom. The van der Waals surface area contributed by atoms with Crippen molar-refractivity contribution in [1.29, 1.82) is 0 Å². The number of pyridine rings is 1. The Morgan fingerprint density at radius 3 is 2.95 bits per heavy atom. The lowest BCUT2D eigenvalue weighted by molar-refractivity contribution is 0.174. The van der Waals surface area contributed by atoms with Crippen molar-refractivity contribution in [2.45, 2.75) is 13.0 Å². The number of fused-ring (bicyclic) bond motifs is 1. The first-order valence-corrected chi connectivity index (χ1v) is 6.47. The highest BCUT2D eigenvalue weighted by atomic mass is 16.7. The molecule has 1 aliphatic heterocycles. The quantitative estimate of drug-likeness (QED) is 0.927. The normalized spacial score (nSPS) is 14.1. The van der Waals surface area contributed by atoms with E-state index in [1.165, 1.54) is 0 Å². The van der Waals surface area contributed by atoms with Crippen LogP contribution in [0.2, 0.25) is 0 Å². The molecule has 0 fully saturated rings. The molecule has 0 saturated carbocycles. The second-order valence-electron chi connectivity index (χ2n) is 4.53. The van der Waals surface area contributed by atoms with Crippen molar-refractivity contribution in [2.24, 2.45) is 0 Å². The summed E-state index contributed by atoms with van der Waals surface area (Å²) in [5.74, 6) is 2.70. The summed E-state index contributed by atoms with van der Waals surface area (Å²) in [7, 11) is 1.90.